The maximum absolute atomic E-state index is 7.13. The van der Waals surface area contributed by atoms with Crippen LogP contribution in [0.2, 0.25) is 0 Å². The Hall–Kier alpha value is -2.13. The molecule has 2 aromatic rings. The minimum absolute atomic E-state index is 0.323. The third-order valence-corrected chi connectivity index (χ3v) is 15.8. The average molecular weight is 851 g/mol. The normalized spacial score (nSPS) is 22.7. The summed E-state index contributed by atoms with van der Waals surface area (Å²) in [4.78, 5) is 0. The van der Waals surface area contributed by atoms with Gasteiger partial charge < -0.3 is 27.9 Å². The van der Waals surface area contributed by atoms with Crippen molar-refractivity contribution >= 4 is 32.3 Å². The Morgan fingerprint density at radius 2 is 0.919 bits per heavy atom. The highest BCUT2D eigenvalue weighted by atomic mass is 16.7. The van der Waals surface area contributed by atoms with Gasteiger partial charge in [-0.2, -0.15) is 0 Å². The Balaban J connectivity index is 1.29. The van der Waals surface area contributed by atoms with E-state index >= 15 is 0 Å². The number of rotatable bonds is 21. The molecule has 3 aliphatic heterocycles. The second kappa shape index (κ2) is 20.2. The van der Waals surface area contributed by atoms with Gasteiger partial charge in [-0.3, -0.25) is 0 Å². The first-order valence-electron chi connectivity index (χ1n) is 24.7. The predicted molar refractivity (Wildman–Crippen MR) is 264 cm³/mol. The Bertz CT molecular complexity index is 1860. The van der Waals surface area contributed by atoms with E-state index in [2.05, 4.69) is 142 Å². The van der Waals surface area contributed by atoms with Crippen LogP contribution in [0.1, 0.15) is 202 Å². The van der Waals surface area contributed by atoms with Crippen molar-refractivity contribution in [3.05, 3.63) is 81.3 Å². The van der Waals surface area contributed by atoms with Gasteiger partial charge in [0.25, 0.3) is 0 Å². The van der Waals surface area contributed by atoms with Gasteiger partial charge in [0.2, 0.25) is 0 Å². The number of allylic oxidation sites excluding steroid dienone is 3. The van der Waals surface area contributed by atoms with E-state index in [0.29, 0.717) is 0 Å². The molecule has 5 rings (SSSR count). The van der Waals surface area contributed by atoms with Crippen molar-refractivity contribution in [3.8, 4) is 0 Å². The molecule has 0 aromatic heterocycles. The third-order valence-electron chi connectivity index (χ3n) is 15.8. The molecular weight excluding hydrogens is 765 g/mol. The molecular formula is C53H85B3O6. The Morgan fingerprint density at radius 1 is 0.484 bits per heavy atom. The fourth-order valence-electron chi connectivity index (χ4n) is 9.52. The summed E-state index contributed by atoms with van der Waals surface area (Å²) in [5, 5.41) is 0. The van der Waals surface area contributed by atoms with Crippen molar-refractivity contribution in [2.45, 2.75) is 241 Å². The molecule has 2 aromatic carbocycles. The summed E-state index contributed by atoms with van der Waals surface area (Å²) in [7, 11) is -1.16. The predicted octanol–water partition coefficient (Wildman–Crippen LogP) is 11.9. The summed E-state index contributed by atoms with van der Waals surface area (Å²) in [6, 6.07) is 9.69. The van der Waals surface area contributed by atoms with Crippen LogP contribution in [0.4, 0.5) is 0 Å². The van der Waals surface area contributed by atoms with Crippen molar-refractivity contribution in [2.24, 2.45) is 0 Å². The zero-order valence-corrected chi connectivity index (χ0v) is 42.4. The molecule has 62 heavy (non-hydrogen) atoms. The topological polar surface area (TPSA) is 55.4 Å². The second-order valence-electron chi connectivity index (χ2n) is 21.3. The highest BCUT2D eigenvalue weighted by molar-refractivity contribution is 6.63. The van der Waals surface area contributed by atoms with Crippen LogP contribution < -0.4 is 10.9 Å². The zero-order valence-electron chi connectivity index (χ0n) is 42.4. The van der Waals surface area contributed by atoms with Crippen molar-refractivity contribution in [1.29, 1.82) is 0 Å². The van der Waals surface area contributed by atoms with E-state index in [1.165, 1.54) is 69.1 Å². The molecule has 3 saturated heterocycles. The Labute approximate surface area is 380 Å². The van der Waals surface area contributed by atoms with Crippen LogP contribution in [0, 0.1) is 0 Å². The first-order chi connectivity index (χ1) is 29.0. The van der Waals surface area contributed by atoms with Crippen molar-refractivity contribution in [3.63, 3.8) is 0 Å². The quantitative estimate of drug-likeness (QED) is 0.0708. The minimum Gasteiger partial charge on any atom is -0.399 e. The molecule has 3 aliphatic rings. The van der Waals surface area contributed by atoms with Gasteiger partial charge >= 0.3 is 21.4 Å². The zero-order chi connectivity index (χ0) is 45.9. The molecule has 9 heteroatoms. The lowest BCUT2D eigenvalue weighted by atomic mass is 9.72. The average Bonchev–Trinajstić information content (AvgIpc) is 3.69. The number of aryl methyl sites for hydroxylation is 6. The molecule has 1 unspecified atom stereocenters. The largest absolute Gasteiger partial charge is 0.495 e. The van der Waals surface area contributed by atoms with E-state index in [1.807, 2.05) is 6.08 Å². The van der Waals surface area contributed by atoms with Gasteiger partial charge in [-0.15, -0.1) is 0 Å². The molecule has 1 atom stereocenters. The van der Waals surface area contributed by atoms with Crippen LogP contribution in [-0.4, -0.2) is 55.0 Å². The maximum atomic E-state index is 7.13. The Kier molecular flexibility index (Phi) is 16.5. The number of unbranched alkanes of at least 4 members (excludes halogenated alkanes) is 4. The van der Waals surface area contributed by atoms with Crippen molar-refractivity contribution in [2.75, 3.05) is 0 Å². The molecule has 0 amide bonds. The standard InChI is InChI=1S/C53H85B3O6/c1-18-24-25-26-29-42(45(23-6)54-57-48(7,8)49(9,10)58-54)32-33-53(17)52(15,16)61-56(62-53)47-37-39(20-3)44(35-41(47)22-5)31-28-27-30-43-34-40(21-4)46(36-38(43)19-2)55-59-50(11,12)51(13,14)60-55/h23,34-37H,6,18-22,24-33H2,1-5,7-17H3. The van der Waals surface area contributed by atoms with Gasteiger partial charge in [0.05, 0.1) is 33.6 Å². The number of hydrogen-bond acceptors (Lipinski definition) is 6. The van der Waals surface area contributed by atoms with Gasteiger partial charge in [0.15, 0.2) is 0 Å². The van der Waals surface area contributed by atoms with Gasteiger partial charge in [-0.1, -0.05) is 96.4 Å². The lowest BCUT2D eigenvalue weighted by molar-refractivity contribution is -0.0153. The number of hydrogen-bond donors (Lipinski definition) is 0. The maximum Gasteiger partial charge on any atom is 0.495 e. The molecule has 0 saturated carbocycles. The molecule has 3 heterocycles. The smallest absolute Gasteiger partial charge is 0.399 e. The first kappa shape index (κ1) is 50.9. The lowest BCUT2D eigenvalue weighted by Gasteiger charge is -2.37. The first-order valence-corrected chi connectivity index (χ1v) is 24.7. The summed E-state index contributed by atoms with van der Waals surface area (Å²) in [5.41, 5.74) is 10.7. The van der Waals surface area contributed by atoms with Crippen molar-refractivity contribution in [1.82, 2.24) is 0 Å². The monoisotopic (exact) mass is 851 g/mol. The highest BCUT2D eigenvalue weighted by Crippen LogP contribution is 2.44. The van der Waals surface area contributed by atoms with Crippen LogP contribution in [0.25, 0.3) is 0 Å². The van der Waals surface area contributed by atoms with E-state index in [1.54, 1.807) is 0 Å². The van der Waals surface area contributed by atoms with Gasteiger partial charge in [-0.05, 0) is 203 Å². The van der Waals surface area contributed by atoms with Gasteiger partial charge in [-0.25, -0.2) is 0 Å². The fraction of sp³-hybridized carbons (Fsp3) is 0.698. The fourth-order valence-corrected chi connectivity index (χ4v) is 9.52. The Morgan fingerprint density at radius 3 is 1.35 bits per heavy atom. The minimum atomic E-state index is -0.498. The molecule has 3 fully saturated rings. The van der Waals surface area contributed by atoms with Crippen LogP contribution in [-0.2, 0) is 66.5 Å². The van der Waals surface area contributed by atoms with Gasteiger partial charge in [0, 0.05) is 0 Å². The summed E-state index contributed by atoms with van der Waals surface area (Å²) < 4.78 is 40.2. The SMILES string of the molecule is C=CC(B1OC(C)(C)C(C)(C)O1)=C(CCCCCC)CCC1(C)OB(c2cc(CC)c(CCCCc3cc(CC)c(B4OC(C)(C)C(C)(C)O4)cc3CC)cc2CC)OC1(C)C. The highest BCUT2D eigenvalue weighted by Gasteiger charge is 2.56. The summed E-state index contributed by atoms with van der Waals surface area (Å²) in [6.07, 6.45) is 17.8. The van der Waals surface area contributed by atoms with Crippen LogP contribution in [0.3, 0.4) is 0 Å². The molecule has 0 spiro atoms. The molecule has 0 aliphatic carbocycles. The molecule has 6 nitrogen and oxygen atoms in total. The van der Waals surface area contributed by atoms with Crippen LogP contribution in [0.15, 0.2) is 48.0 Å². The van der Waals surface area contributed by atoms with Crippen LogP contribution in [0.5, 0.6) is 0 Å². The molecule has 0 bridgehead atoms. The molecule has 342 valence electrons. The van der Waals surface area contributed by atoms with E-state index in [4.69, 9.17) is 27.9 Å². The summed E-state index contributed by atoms with van der Waals surface area (Å²) >= 11 is 0. The van der Waals surface area contributed by atoms with E-state index in [-0.39, 0.29) is 18.3 Å². The van der Waals surface area contributed by atoms with E-state index < -0.39 is 36.6 Å². The van der Waals surface area contributed by atoms with E-state index in [9.17, 15) is 0 Å². The second-order valence-corrected chi connectivity index (χ2v) is 21.3. The molecule has 0 N–H and O–H groups in total. The summed E-state index contributed by atoms with van der Waals surface area (Å²) in [6.45, 7) is 39.3. The summed E-state index contributed by atoms with van der Waals surface area (Å²) in [5.74, 6) is 0. The third kappa shape index (κ3) is 10.8. The van der Waals surface area contributed by atoms with E-state index in [0.717, 1.165) is 82.5 Å². The van der Waals surface area contributed by atoms with Crippen molar-refractivity contribution < 1.29 is 27.9 Å². The molecule has 0 radical (unpaired) electrons. The lowest BCUT2D eigenvalue weighted by Crippen LogP contribution is -2.44. The van der Waals surface area contributed by atoms with Gasteiger partial charge in [0.1, 0.15) is 0 Å². The van der Waals surface area contributed by atoms with Crippen LogP contribution >= 0.6 is 0 Å². The number of benzene rings is 2.